The van der Waals surface area contributed by atoms with Crippen molar-refractivity contribution < 1.29 is 5.11 Å². The molecule has 0 aromatic heterocycles. The molecule has 1 nitrogen and oxygen atoms in total. The fraction of sp³-hybridized carbons (Fsp3) is 1.00. The second-order valence-corrected chi connectivity index (χ2v) is 6.10. The van der Waals surface area contributed by atoms with Crippen LogP contribution in [0.1, 0.15) is 72.1 Å². The van der Waals surface area contributed by atoms with Crippen LogP contribution in [0, 0.1) is 17.3 Å². The molecule has 2 saturated carbocycles. The number of unbranched alkanes of at least 4 members (excludes halogenated alkanes) is 1. The fourth-order valence-corrected chi connectivity index (χ4v) is 5.02. The molecule has 0 amide bonds. The third-order valence-electron chi connectivity index (χ3n) is 5.92. The maximum absolute atomic E-state index is 11.2. The predicted octanol–water partition coefficient (Wildman–Crippen LogP) is 4.14. The van der Waals surface area contributed by atoms with E-state index in [4.69, 9.17) is 0 Å². The second kappa shape index (κ2) is 4.33. The topological polar surface area (TPSA) is 20.2 Å². The van der Waals surface area contributed by atoms with E-state index in [0.29, 0.717) is 5.92 Å². The zero-order chi connectivity index (χ0) is 11.8. The van der Waals surface area contributed by atoms with Crippen molar-refractivity contribution in [3.8, 4) is 0 Å². The molecule has 16 heavy (non-hydrogen) atoms. The number of hydrogen-bond donors (Lipinski definition) is 1. The van der Waals surface area contributed by atoms with Crippen molar-refractivity contribution in [3.05, 3.63) is 0 Å². The molecule has 2 fully saturated rings. The van der Waals surface area contributed by atoms with Crippen LogP contribution in [0.25, 0.3) is 0 Å². The lowest BCUT2D eigenvalue weighted by atomic mass is 9.58. The molecule has 2 aliphatic carbocycles. The molecule has 1 N–H and O–H groups in total. The monoisotopic (exact) mass is 224 g/mol. The van der Waals surface area contributed by atoms with Gasteiger partial charge >= 0.3 is 0 Å². The summed E-state index contributed by atoms with van der Waals surface area (Å²) < 4.78 is 0. The highest BCUT2D eigenvalue weighted by Gasteiger charge is 2.64. The summed E-state index contributed by atoms with van der Waals surface area (Å²) >= 11 is 0. The van der Waals surface area contributed by atoms with Gasteiger partial charge in [0.2, 0.25) is 0 Å². The molecule has 0 aliphatic heterocycles. The summed E-state index contributed by atoms with van der Waals surface area (Å²) in [6, 6.07) is 0. The summed E-state index contributed by atoms with van der Waals surface area (Å²) in [7, 11) is 0. The van der Waals surface area contributed by atoms with Crippen LogP contribution in [-0.2, 0) is 0 Å². The summed E-state index contributed by atoms with van der Waals surface area (Å²) in [4.78, 5) is 0. The van der Waals surface area contributed by atoms with Gasteiger partial charge in [0.25, 0.3) is 0 Å². The zero-order valence-corrected chi connectivity index (χ0v) is 11.3. The van der Waals surface area contributed by atoms with Gasteiger partial charge in [0, 0.05) is 5.41 Å². The minimum Gasteiger partial charge on any atom is -0.389 e. The molecule has 2 bridgehead atoms. The van der Waals surface area contributed by atoms with Crippen molar-refractivity contribution >= 4 is 0 Å². The first kappa shape index (κ1) is 12.4. The van der Waals surface area contributed by atoms with Gasteiger partial charge < -0.3 is 5.11 Å². The van der Waals surface area contributed by atoms with Crippen molar-refractivity contribution in [2.24, 2.45) is 17.3 Å². The van der Waals surface area contributed by atoms with E-state index in [1.807, 2.05) is 0 Å². The largest absolute Gasteiger partial charge is 0.389 e. The van der Waals surface area contributed by atoms with Gasteiger partial charge in [0.05, 0.1) is 5.60 Å². The second-order valence-electron chi connectivity index (χ2n) is 6.10. The van der Waals surface area contributed by atoms with Crippen LogP contribution in [0.4, 0.5) is 0 Å². The predicted molar refractivity (Wildman–Crippen MR) is 68.3 cm³/mol. The molecular formula is C15H28O. The average molecular weight is 224 g/mol. The smallest absolute Gasteiger partial charge is 0.0734 e. The van der Waals surface area contributed by atoms with Crippen LogP contribution in [-0.4, -0.2) is 10.7 Å². The molecule has 0 saturated heterocycles. The number of fused-ring (bicyclic) bond motifs is 2. The van der Waals surface area contributed by atoms with Gasteiger partial charge in [-0.2, -0.15) is 0 Å². The van der Waals surface area contributed by atoms with Gasteiger partial charge in [-0.25, -0.2) is 0 Å². The van der Waals surface area contributed by atoms with Gasteiger partial charge in [-0.15, -0.1) is 0 Å². The normalized spacial score (nSPS) is 40.5. The zero-order valence-electron chi connectivity index (χ0n) is 11.3. The lowest BCUT2D eigenvalue weighted by molar-refractivity contribution is -0.134. The summed E-state index contributed by atoms with van der Waals surface area (Å²) in [6.45, 7) is 6.82. The fourth-order valence-electron chi connectivity index (χ4n) is 5.02. The molecular weight excluding hydrogens is 196 g/mol. The Labute approximate surface area is 101 Å². The third-order valence-corrected chi connectivity index (χ3v) is 5.92. The first-order valence-electron chi connectivity index (χ1n) is 7.37. The quantitative estimate of drug-likeness (QED) is 0.744. The number of aliphatic hydroxyl groups is 1. The van der Waals surface area contributed by atoms with Crippen LogP contribution in [0.2, 0.25) is 0 Å². The van der Waals surface area contributed by atoms with E-state index in [0.717, 1.165) is 12.3 Å². The lowest BCUT2D eigenvalue weighted by Crippen LogP contribution is -2.52. The van der Waals surface area contributed by atoms with Crippen molar-refractivity contribution in [2.45, 2.75) is 77.7 Å². The molecule has 0 aromatic rings. The summed E-state index contributed by atoms with van der Waals surface area (Å²) in [5.74, 6) is 1.43. The number of rotatable bonds is 5. The Hall–Kier alpha value is -0.0400. The maximum atomic E-state index is 11.2. The standard InChI is InChI=1S/C15H28O/c1-4-7-10-15(16)13-9-8-12(11-13)14(15,5-2)6-3/h12-13,16H,4-11H2,1-3H3/t12-,13+,15+/m1/s1. The van der Waals surface area contributed by atoms with E-state index in [1.54, 1.807) is 0 Å². The molecule has 0 unspecified atom stereocenters. The van der Waals surface area contributed by atoms with Crippen molar-refractivity contribution in [1.29, 1.82) is 0 Å². The first-order chi connectivity index (χ1) is 7.64. The van der Waals surface area contributed by atoms with Crippen LogP contribution in [0.5, 0.6) is 0 Å². The van der Waals surface area contributed by atoms with Gasteiger partial charge in [0.1, 0.15) is 0 Å². The van der Waals surface area contributed by atoms with Gasteiger partial charge in [-0.1, -0.05) is 33.6 Å². The van der Waals surface area contributed by atoms with Crippen LogP contribution >= 0.6 is 0 Å². The third kappa shape index (κ3) is 1.40. The highest BCUT2D eigenvalue weighted by atomic mass is 16.3. The molecule has 0 aromatic carbocycles. The molecule has 0 radical (unpaired) electrons. The lowest BCUT2D eigenvalue weighted by Gasteiger charge is -2.50. The Kier molecular flexibility index (Phi) is 3.36. The van der Waals surface area contributed by atoms with E-state index in [9.17, 15) is 5.11 Å². The SMILES string of the molecule is CCCC[C@]1(O)[C@H]2CC[C@H](C2)C1(CC)CC. The van der Waals surface area contributed by atoms with E-state index < -0.39 is 0 Å². The highest BCUT2D eigenvalue weighted by Crippen LogP contribution is 2.66. The van der Waals surface area contributed by atoms with Crippen LogP contribution in [0.15, 0.2) is 0 Å². The average Bonchev–Trinajstić information content (AvgIpc) is 2.86. The molecule has 2 rings (SSSR count). The van der Waals surface area contributed by atoms with Gasteiger partial charge in [-0.05, 0) is 50.4 Å². The highest BCUT2D eigenvalue weighted by molar-refractivity contribution is 5.14. The molecule has 3 atom stereocenters. The van der Waals surface area contributed by atoms with E-state index in [1.165, 1.54) is 44.9 Å². The van der Waals surface area contributed by atoms with E-state index in [2.05, 4.69) is 20.8 Å². The molecule has 0 spiro atoms. The van der Waals surface area contributed by atoms with Crippen molar-refractivity contribution in [2.75, 3.05) is 0 Å². The Bertz CT molecular complexity index is 244. The van der Waals surface area contributed by atoms with E-state index in [-0.39, 0.29) is 11.0 Å². The maximum Gasteiger partial charge on any atom is 0.0734 e. The summed E-state index contributed by atoms with van der Waals surface area (Å²) in [5.41, 5.74) is -0.0689. The van der Waals surface area contributed by atoms with Gasteiger partial charge in [0.15, 0.2) is 0 Å². The van der Waals surface area contributed by atoms with Crippen molar-refractivity contribution in [3.63, 3.8) is 0 Å². The Morgan fingerprint density at radius 2 is 1.69 bits per heavy atom. The Morgan fingerprint density at radius 1 is 1.06 bits per heavy atom. The number of hydrogen-bond acceptors (Lipinski definition) is 1. The van der Waals surface area contributed by atoms with Gasteiger partial charge in [-0.3, -0.25) is 0 Å². The van der Waals surface area contributed by atoms with Crippen LogP contribution < -0.4 is 0 Å². The van der Waals surface area contributed by atoms with Crippen LogP contribution in [0.3, 0.4) is 0 Å². The Balaban J connectivity index is 2.26. The first-order valence-corrected chi connectivity index (χ1v) is 7.37. The molecule has 1 heteroatoms. The molecule has 0 heterocycles. The minimum atomic E-state index is -0.324. The Morgan fingerprint density at radius 3 is 2.25 bits per heavy atom. The minimum absolute atomic E-state index is 0.255. The summed E-state index contributed by atoms with van der Waals surface area (Å²) in [5, 5.41) is 11.2. The van der Waals surface area contributed by atoms with Crippen molar-refractivity contribution in [1.82, 2.24) is 0 Å². The van der Waals surface area contributed by atoms with E-state index >= 15 is 0 Å². The summed E-state index contributed by atoms with van der Waals surface area (Å²) in [6.07, 6.45) is 9.77. The molecule has 2 aliphatic rings. The molecule has 94 valence electrons.